The number of hydrogen-bond donors (Lipinski definition) is 2. The maximum Gasteiger partial charge on any atom is 0.204 e. The number of nitrogens with one attached hydrogen (secondary N) is 1. The summed E-state index contributed by atoms with van der Waals surface area (Å²) in [7, 11) is 0. The number of imidazole rings is 1. The fourth-order valence-corrected chi connectivity index (χ4v) is 3.65. The van der Waals surface area contributed by atoms with E-state index in [9.17, 15) is 4.79 Å². The number of aryl methyl sites for hydroxylation is 1. The number of ketones is 1. The van der Waals surface area contributed by atoms with Crippen LogP contribution in [0, 0.1) is 13.8 Å². The van der Waals surface area contributed by atoms with Crippen LogP contribution in [0.15, 0.2) is 53.1 Å². The standard InChI is InChI=1S/C22H24N4O3/c1-15-12-18(16(2)25(15)13-17-6-5-11-29-17)21(28)14-26-20-8-4-3-7-19(20)24-22(26)23-9-10-27/h3-8,11-12,27H,9-10,13-14H2,1-2H3,(H,23,24). The van der Waals surface area contributed by atoms with Crippen molar-refractivity contribution < 1.29 is 14.3 Å². The van der Waals surface area contributed by atoms with Gasteiger partial charge in [-0.15, -0.1) is 0 Å². The highest BCUT2D eigenvalue weighted by atomic mass is 16.3. The Hall–Kier alpha value is -3.32. The number of hydrogen-bond acceptors (Lipinski definition) is 5. The first kappa shape index (κ1) is 19.0. The van der Waals surface area contributed by atoms with E-state index in [-0.39, 0.29) is 18.9 Å². The summed E-state index contributed by atoms with van der Waals surface area (Å²) in [5, 5.41) is 12.3. The van der Waals surface area contributed by atoms with Crippen LogP contribution >= 0.6 is 0 Å². The number of Topliss-reactive ketones (excluding diaryl/α,β-unsaturated/α-hetero) is 1. The minimum Gasteiger partial charge on any atom is -0.467 e. The highest BCUT2D eigenvalue weighted by Crippen LogP contribution is 2.23. The molecule has 0 saturated heterocycles. The number of para-hydroxylation sites is 2. The van der Waals surface area contributed by atoms with E-state index in [1.807, 2.05) is 60.9 Å². The quantitative estimate of drug-likeness (QED) is 0.449. The molecule has 7 heteroatoms. The van der Waals surface area contributed by atoms with Crippen molar-refractivity contribution in [3.05, 3.63) is 71.4 Å². The van der Waals surface area contributed by atoms with Gasteiger partial charge >= 0.3 is 0 Å². The molecule has 3 aromatic heterocycles. The first-order valence-corrected chi connectivity index (χ1v) is 9.60. The van der Waals surface area contributed by atoms with Gasteiger partial charge in [0, 0.05) is 23.5 Å². The molecule has 1 aromatic carbocycles. The third-order valence-corrected chi connectivity index (χ3v) is 5.12. The zero-order valence-corrected chi connectivity index (χ0v) is 16.6. The van der Waals surface area contributed by atoms with Crippen LogP contribution in [0.1, 0.15) is 27.5 Å². The molecule has 0 bridgehead atoms. The number of aromatic nitrogens is 3. The summed E-state index contributed by atoms with van der Waals surface area (Å²) < 4.78 is 9.41. The number of rotatable bonds is 8. The molecule has 2 N–H and O–H groups in total. The van der Waals surface area contributed by atoms with E-state index in [1.54, 1.807) is 6.26 Å². The van der Waals surface area contributed by atoms with Gasteiger partial charge in [-0.3, -0.25) is 4.79 Å². The fraction of sp³-hybridized carbons (Fsp3) is 0.273. The van der Waals surface area contributed by atoms with E-state index in [2.05, 4.69) is 14.9 Å². The van der Waals surface area contributed by atoms with Gasteiger partial charge < -0.3 is 24.0 Å². The molecule has 4 rings (SSSR count). The zero-order chi connectivity index (χ0) is 20.4. The number of carbonyl (C=O) groups excluding carboxylic acids is 1. The molecule has 150 valence electrons. The van der Waals surface area contributed by atoms with Crippen LogP contribution in [0.2, 0.25) is 0 Å². The molecular weight excluding hydrogens is 368 g/mol. The van der Waals surface area contributed by atoms with Crippen LogP contribution in [-0.2, 0) is 13.1 Å². The van der Waals surface area contributed by atoms with Crippen molar-refractivity contribution in [2.75, 3.05) is 18.5 Å². The third-order valence-electron chi connectivity index (χ3n) is 5.12. The van der Waals surface area contributed by atoms with Crippen LogP contribution in [0.4, 0.5) is 5.95 Å². The monoisotopic (exact) mass is 392 g/mol. The Morgan fingerprint density at radius 3 is 2.76 bits per heavy atom. The molecule has 0 unspecified atom stereocenters. The first-order valence-electron chi connectivity index (χ1n) is 9.60. The molecule has 29 heavy (non-hydrogen) atoms. The number of aliphatic hydroxyl groups excluding tert-OH is 1. The van der Waals surface area contributed by atoms with Gasteiger partial charge in [0.25, 0.3) is 0 Å². The van der Waals surface area contributed by atoms with Crippen molar-refractivity contribution in [2.24, 2.45) is 0 Å². The minimum absolute atomic E-state index is 0.00884. The van der Waals surface area contributed by atoms with Gasteiger partial charge in [-0.25, -0.2) is 4.98 Å². The van der Waals surface area contributed by atoms with Gasteiger partial charge in [0.15, 0.2) is 5.78 Å². The van der Waals surface area contributed by atoms with E-state index in [4.69, 9.17) is 9.52 Å². The Balaban J connectivity index is 1.65. The first-order chi connectivity index (χ1) is 14.1. The Morgan fingerprint density at radius 1 is 1.17 bits per heavy atom. The summed E-state index contributed by atoms with van der Waals surface area (Å²) in [5.41, 5.74) is 4.31. The van der Waals surface area contributed by atoms with Gasteiger partial charge in [0.1, 0.15) is 5.76 Å². The van der Waals surface area contributed by atoms with Crippen molar-refractivity contribution in [1.82, 2.24) is 14.1 Å². The van der Waals surface area contributed by atoms with Crippen molar-refractivity contribution in [3.8, 4) is 0 Å². The summed E-state index contributed by atoms with van der Waals surface area (Å²) in [4.78, 5) is 17.8. The molecule has 0 atom stereocenters. The molecular formula is C22H24N4O3. The Labute approximate surface area is 168 Å². The fourth-order valence-electron chi connectivity index (χ4n) is 3.65. The molecule has 0 saturated carbocycles. The lowest BCUT2D eigenvalue weighted by Gasteiger charge is -2.10. The largest absolute Gasteiger partial charge is 0.467 e. The molecule has 0 spiro atoms. The normalized spacial score (nSPS) is 11.3. The molecule has 0 aliphatic carbocycles. The lowest BCUT2D eigenvalue weighted by molar-refractivity contribution is 0.0973. The number of fused-ring (bicyclic) bond motifs is 1. The molecule has 0 radical (unpaired) electrons. The van der Waals surface area contributed by atoms with E-state index in [0.717, 1.165) is 28.2 Å². The summed E-state index contributed by atoms with van der Waals surface area (Å²) in [5.74, 6) is 1.44. The molecule has 4 aromatic rings. The topological polar surface area (TPSA) is 85.2 Å². The number of anilines is 1. The second kappa shape index (κ2) is 7.97. The van der Waals surface area contributed by atoms with E-state index in [1.165, 1.54) is 0 Å². The minimum atomic E-state index is -0.00884. The molecule has 0 aliphatic rings. The average molecular weight is 392 g/mol. The van der Waals surface area contributed by atoms with E-state index < -0.39 is 0 Å². The van der Waals surface area contributed by atoms with Crippen molar-refractivity contribution in [1.29, 1.82) is 0 Å². The zero-order valence-electron chi connectivity index (χ0n) is 16.6. The summed E-state index contributed by atoms with van der Waals surface area (Å²) in [6, 6.07) is 13.4. The lowest BCUT2D eigenvalue weighted by atomic mass is 10.1. The summed E-state index contributed by atoms with van der Waals surface area (Å²) in [6.07, 6.45) is 1.65. The van der Waals surface area contributed by atoms with Gasteiger partial charge in [-0.1, -0.05) is 12.1 Å². The molecule has 3 heterocycles. The van der Waals surface area contributed by atoms with E-state index in [0.29, 0.717) is 24.6 Å². The van der Waals surface area contributed by atoms with Gasteiger partial charge in [-0.2, -0.15) is 0 Å². The highest BCUT2D eigenvalue weighted by Gasteiger charge is 2.19. The van der Waals surface area contributed by atoms with Gasteiger partial charge in [0.2, 0.25) is 5.95 Å². The predicted octanol–water partition coefficient (Wildman–Crippen LogP) is 3.38. The van der Waals surface area contributed by atoms with E-state index >= 15 is 0 Å². The SMILES string of the molecule is Cc1cc(C(=O)Cn2c(NCCO)nc3ccccc32)c(C)n1Cc1ccco1. The van der Waals surface area contributed by atoms with Crippen LogP contribution in [0.3, 0.4) is 0 Å². The molecule has 0 amide bonds. The van der Waals surface area contributed by atoms with Crippen LogP contribution in [0.5, 0.6) is 0 Å². The maximum absolute atomic E-state index is 13.2. The number of aliphatic hydroxyl groups is 1. The van der Waals surface area contributed by atoms with Crippen molar-refractivity contribution >= 4 is 22.8 Å². The summed E-state index contributed by atoms with van der Waals surface area (Å²) in [6.45, 7) is 5.07. The molecule has 0 fully saturated rings. The lowest BCUT2D eigenvalue weighted by Crippen LogP contribution is -2.16. The Kier molecular flexibility index (Phi) is 5.22. The number of benzene rings is 1. The Bertz CT molecular complexity index is 1140. The van der Waals surface area contributed by atoms with Gasteiger partial charge in [0.05, 0.1) is 37.0 Å². The highest BCUT2D eigenvalue weighted by molar-refractivity contribution is 5.98. The van der Waals surface area contributed by atoms with Crippen LogP contribution < -0.4 is 5.32 Å². The van der Waals surface area contributed by atoms with Gasteiger partial charge in [-0.05, 0) is 44.2 Å². The summed E-state index contributed by atoms with van der Waals surface area (Å²) >= 11 is 0. The van der Waals surface area contributed by atoms with Crippen LogP contribution in [-0.4, -0.2) is 38.2 Å². The number of furan rings is 1. The third kappa shape index (κ3) is 3.69. The van der Waals surface area contributed by atoms with Crippen molar-refractivity contribution in [3.63, 3.8) is 0 Å². The Morgan fingerprint density at radius 2 is 2.00 bits per heavy atom. The molecule has 7 nitrogen and oxygen atoms in total. The van der Waals surface area contributed by atoms with Crippen LogP contribution in [0.25, 0.3) is 11.0 Å². The number of nitrogens with zero attached hydrogens (tertiary/aromatic N) is 3. The predicted molar refractivity (Wildman–Crippen MR) is 111 cm³/mol. The second-order valence-corrected chi connectivity index (χ2v) is 7.03. The smallest absolute Gasteiger partial charge is 0.204 e. The maximum atomic E-state index is 13.2. The number of carbonyl (C=O) groups is 1. The molecule has 0 aliphatic heterocycles. The van der Waals surface area contributed by atoms with Crippen molar-refractivity contribution in [2.45, 2.75) is 26.9 Å². The average Bonchev–Trinajstić information content (AvgIpc) is 3.42. The second-order valence-electron chi connectivity index (χ2n) is 7.03.